The molecule has 0 spiro atoms. The van der Waals surface area contributed by atoms with Gasteiger partial charge in [-0.05, 0) is 59.8 Å². The molecule has 28 heavy (non-hydrogen) atoms. The molecule has 6 heteroatoms. The average molecular weight is 413 g/mol. The highest BCUT2D eigenvalue weighted by Crippen LogP contribution is 2.29. The molecule has 3 aromatic carbocycles. The van der Waals surface area contributed by atoms with E-state index in [1.165, 1.54) is 0 Å². The molecule has 3 aromatic rings. The number of halogens is 1. The molecule has 4 nitrogen and oxygen atoms in total. The number of rotatable bonds is 4. The number of carbonyl (C=O) groups excluding carboxylic acids is 1. The van der Waals surface area contributed by atoms with Gasteiger partial charge in [0.25, 0.3) is 5.91 Å². The van der Waals surface area contributed by atoms with Gasteiger partial charge in [-0.25, -0.2) is 0 Å². The van der Waals surface area contributed by atoms with E-state index in [9.17, 15) is 9.90 Å². The zero-order chi connectivity index (χ0) is 20.3. The summed E-state index contributed by atoms with van der Waals surface area (Å²) in [5.41, 5.74) is 2.02. The average Bonchev–Trinajstić information content (AvgIpc) is 2.69. The SMILES string of the molecule is CC[C@H](C)c1ccc(O)c(NC(=S)NC(=O)c2cccc3c(Cl)cccc23)c1. The van der Waals surface area contributed by atoms with Crippen molar-refractivity contribution < 1.29 is 9.90 Å². The first-order chi connectivity index (χ1) is 13.4. The van der Waals surface area contributed by atoms with E-state index >= 15 is 0 Å². The number of hydrogen-bond acceptors (Lipinski definition) is 3. The number of anilines is 1. The Bertz CT molecular complexity index is 1050. The monoisotopic (exact) mass is 412 g/mol. The number of carbonyl (C=O) groups is 1. The van der Waals surface area contributed by atoms with Gasteiger partial charge in [-0.15, -0.1) is 0 Å². The van der Waals surface area contributed by atoms with Crippen LogP contribution in [0.2, 0.25) is 5.02 Å². The number of fused-ring (bicyclic) bond motifs is 1. The number of amides is 1. The first-order valence-electron chi connectivity index (χ1n) is 9.03. The van der Waals surface area contributed by atoms with Gasteiger partial charge in [0.1, 0.15) is 5.75 Å². The maximum Gasteiger partial charge on any atom is 0.258 e. The van der Waals surface area contributed by atoms with Crippen LogP contribution in [-0.2, 0) is 0 Å². The molecule has 1 atom stereocenters. The third-order valence-electron chi connectivity index (χ3n) is 4.79. The molecule has 1 amide bonds. The molecule has 3 N–H and O–H groups in total. The number of nitrogens with one attached hydrogen (secondary N) is 2. The molecule has 144 valence electrons. The lowest BCUT2D eigenvalue weighted by molar-refractivity contribution is 0.0979. The number of thiocarbonyl (C=S) groups is 1. The van der Waals surface area contributed by atoms with Gasteiger partial charge in [0.2, 0.25) is 0 Å². The van der Waals surface area contributed by atoms with Crippen molar-refractivity contribution in [2.24, 2.45) is 0 Å². The van der Waals surface area contributed by atoms with E-state index in [0.29, 0.717) is 22.2 Å². The van der Waals surface area contributed by atoms with Gasteiger partial charge in [-0.1, -0.05) is 55.8 Å². The van der Waals surface area contributed by atoms with Crippen molar-refractivity contribution in [1.29, 1.82) is 0 Å². The second kappa shape index (κ2) is 8.59. The Hall–Kier alpha value is -2.63. The van der Waals surface area contributed by atoms with Gasteiger partial charge in [-0.3, -0.25) is 10.1 Å². The first kappa shape index (κ1) is 20.1. The summed E-state index contributed by atoms with van der Waals surface area (Å²) in [6, 6.07) is 16.1. The smallest absolute Gasteiger partial charge is 0.258 e. The summed E-state index contributed by atoms with van der Waals surface area (Å²) in [7, 11) is 0. The minimum Gasteiger partial charge on any atom is -0.506 e. The van der Waals surface area contributed by atoms with Crippen LogP contribution in [0.4, 0.5) is 5.69 Å². The Labute approximate surface area is 174 Å². The zero-order valence-corrected chi connectivity index (χ0v) is 17.2. The van der Waals surface area contributed by atoms with Gasteiger partial charge in [0, 0.05) is 16.0 Å². The molecule has 0 saturated heterocycles. The van der Waals surface area contributed by atoms with Crippen LogP contribution in [-0.4, -0.2) is 16.1 Å². The van der Waals surface area contributed by atoms with Crippen molar-refractivity contribution >= 4 is 51.3 Å². The van der Waals surface area contributed by atoms with Crippen LogP contribution in [0.1, 0.15) is 42.1 Å². The normalized spacial score (nSPS) is 11.8. The highest BCUT2D eigenvalue weighted by molar-refractivity contribution is 7.80. The number of aromatic hydroxyl groups is 1. The van der Waals surface area contributed by atoms with Crippen molar-refractivity contribution in [2.75, 3.05) is 5.32 Å². The van der Waals surface area contributed by atoms with Crippen LogP contribution in [0.3, 0.4) is 0 Å². The summed E-state index contributed by atoms with van der Waals surface area (Å²) in [6.07, 6.45) is 0.981. The van der Waals surface area contributed by atoms with Crippen LogP contribution in [0, 0.1) is 0 Å². The second-order valence-electron chi connectivity index (χ2n) is 6.63. The fourth-order valence-electron chi connectivity index (χ4n) is 2.99. The van der Waals surface area contributed by atoms with Crippen molar-refractivity contribution in [3.63, 3.8) is 0 Å². The van der Waals surface area contributed by atoms with E-state index in [4.69, 9.17) is 23.8 Å². The quantitative estimate of drug-likeness (QED) is 0.372. The van der Waals surface area contributed by atoms with Crippen molar-refractivity contribution in [3.05, 3.63) is 70.7 Å². The fourth-order valence-corrected chi connectivity index (χ4v) is 3.43. The number of phenolic OH excluding ortho intramolecular Hbond substituents is 1. The predicted molar refractivity (Wildman–Crippen MR) is 119 cm³/mol. The molecule has 0 aliphatic heterocycles. The molecule has 0 aliphatic carbocycles. The Morgan fingerprint density at radius 2 is 1.86 bits per heavy atom. The summed E-state index contributed by atoms with van der Waals surface area (Å²) in [5.74, 6) is 0.0771. The predicted octanol–water partition coefficient (Wildman–Crippen LogP) is 5.84. The van der Waals surface area contributed by atoms with Crippen LogP contribution in [0.25, 0.3) is 10.8 Å². The van der Waals surface area contributed by atoms with E-state index < -0.39 is 0 Å². The minimum atomic E-state index is -0.345. The molecule has 0 saturated carbocycles. The molecule has 0 unspecified atom stereocenters. The maximum absolute atomic E-state index is 12.7. The highest BCUT2D eigenvalue weighted by Gasteiger charge is 2.14. The van der Waals surface area contributed by atoms with Crippen LogP contribution >= 0.6 is 23.8 Å². The second-order valence-corrected chi connectivity index (χ2v) is 7.45. The first-order valence-corrected chi connectivity index (χ1v) is 9.81. The Morgan fingerprint density at radius 1 is 1.14 bits per heavy atom. The number of hydrogen-bond donors (Lipinski definition) is 3. The van der Waals surface area contributed by atoms with Crippen molar-refractivity contribution in [3.8, 4) is 5.75 Å². The standard InChI is InChI=1S/C22H21ClN2O2S/c1-3-13(2)14-10-11-20(26)19(12-14)24-22(28)25-21(27)17-8-4-7-16-15(17)6-5-9-18(16)23/h4-13,26H,3H2,1-2H3,(H2,24,25,27,28)/t13-/m0/s1. The van der Waals surface area contributed by atoms with E-state index in [2.05, 4.69) is 24.5 Å². The van der Waals surface area contributed by atoms with Crippen LogP contribution in [0.15, 0.2) is 54.6 Å². The van der Waals surface area contributed by atoms with Crippen molar-refractivity contribution in [2.45, 2.75) is 26.2 Å². The molecular formula is C22H21ClN2O2S. The minimum absolute atomic E-state index is 0.0700. The zero-order valence-electron chi connectivity index (χ0n) is 15.6. The van der Waals surface area contributed by atoms with E-state index in [1.807, 2.05) is 24.3 Å². The third-order valence-corrected chi connectivity index (χ3v) is 5.32. The maximum atomic E-state index is 12.7. The largest absolute Gasteiger partial charge is 0.506 e. The topological polar surface area (TPSA) is 61.4 Å². The Morgan fingerprint density at radius 3 is 2.61 bits per heavy atom. The number of phenols is 1. The van der Waals surface area contributed by atoms with Crippen LogP contribution in [0.5, 0.6) is 5.75 Å². The van der Waals surface area contributed by atoms with Gasteiger partial charge in [-0.2, -0.15) is 0 Å². The van der Waals surface area contributed by atoms with Gasteiger partial charge in [0.05, 0.1) is 5.69 Å². The lowest BCUT2D eigenvalue weighted by atomic mass is 9.98. The Balaban J connectivity index is 1.79. The summed E-state index contributed by atoms with van der Waals surface area (Å²) >= 11 is 11.5. The molecule has 3 rings (SSSR count). The molecule has 0 fully saturated rings. The van der Waals surface area contributed by atoms with E-state index in [1.54, 1.807) is 30.3 Å². The summed E-state index contributed by atoms with van der Waals surface area (Å²) in [6.45, 7) is 4.22. The number of benzene rings is 3. The van der Waals surface area contributed by atoms with E-state index in [-0.39, 0.29) is 16.8 Å². The third kappa shape index (κ3) is 4.26. The fraction of sp³-hybridized carbons (Fsp3) is 0.182. The molecule has 0 aliphatic rings. The summed E-state index contributed by atoms with van der Waals surface area (Å²) in [4.78, 5) is 12.7. The molecular weight excluding hydrogens is 392 g/mol. The van der Waals surface area contributed by atoms with Crippen molar-refractivity contribution in [1.82, 2.24) is 5.32 Å². The molecule has 0 aromatic heterocycles. The molecule has 0 radical (unpaired) electrons. The highest BCUT2D eigenvalue weighted by atomic mass is 35.5. The summed E-state index contributed by atoms with van der Waals surface area (Å²) in [5, 5.41) is 17.9. The lowest BCUT2D eigenvalue weighted by Gasteiger charge is -2.15. The van der Waals surface area contributed by atoms with Crippen LogP contribution < -0.4 is 10.6 Å². The summed E-state index contributed by atoms with van der Waals surface area (Å²) < 4.78 is 0. The molecule has 0 heterocycles. The van der Waals surface area contributed by atoms with E-state index in [0.717, 1.165) is 22.8 Å². The van der Waals surface area contributed by atoms with Gasteiger partial charge in [0.15, 0.2) is 5.11 Å². The Kier molecular flexibility index (Phi) is 6.17. The lowest BCUT2D eigenvalue weighted by Crippen LogP contribution is -2.34. The van der Waals surface area contributed by atoms with Gasteiger partial charge >= 0.3 is 0 Å². The van der Waals surface area contributed by atoms with Gasteiger partial charge < -0.3 is 10.4 Å². The molecule has 0 bridgehead atoms.